The summed E-state index contributed by atoms with van der Waals surface area (Å²) in [6.45, 7) is 6.13. The van der Waals surface area contributed by atoms with Gasteiger partial charge in [-0.2, -0.15) is 0 Å². The van der Waals surface area contributed by atoms with Gasteiger partial charge in [-0.3, -0.25) is 0 Å². The van der Waals surface area contributed by atoms with Gasteiger partial charge in [0.15, 0.2) is 0 Å². The minimum Gasteiger partial charge on any atom is -0.496 e. The molecule has 0 amide bonds. The average Bonchev–Trinajstić information content (AvgIpc) is 2.59. The Kier molecular flexibility index (Phi) is 5.86. The largest absolute Gasteiger partial charge is 0.496 e. The number of methoxy groups -OCH3 is 2. The molecule has 0 radical (unpaired) electrons. The first-order chi connectivity index (χ1) is 11.9. The van der Waals surface area contributed by atoms with Crippen molar-refractivity contribution < 1.29 is 19.4 Å². The van der Waals surface area contributed by atoms with E-state index in [9.17, 15) is 4.79 Å². The summed E-state index contributed by atoms with van der Waals surface area (Å²) in [5.74, 6) is 0.839. The molecule has 0 aliphatic carbocycles. The van der Waals surface area contributed by atoms with Crippen LogP contribution in [0.3, 0.4) is 0 Å². The summed E-state index contributed by atoms with van der Waals surface area (Å²) in [6.07, 6.45) is 3.43. The van der Waals surface area contributed by atoms with Crippen LogP contribution in [-0.4, -0.2) is 25.3 Å². The SMILES string of the molecule is COc1c(C)c(C)c(OC)c(Cc2ccc(/C=C/C(=O)O)cc2)c1C. The number of carboxylic acids is 1. The van der Waals surface area contributed by atoms with E-state index in [-0.39, 0.29) is 0 Å². The molecule has 0 fully saturated rings. The van der Waals surface area contributed by atoms with Crippen molar-refractivity contribution in [3.63, 3.8) is 0 Å². The Bertz CT molecular complexity index is 802. The van der Waals surface area contributed by atoms with Crippen molar-refractivity contribution in [1.29, 1.82) is 0 Å². The van der Waals surface area contributed by atoms with E-state index < -0.39 is 5.97 Å². The van der Waals surface area contributed by atoms with Crippen molar-refractivity contribution in [1.82, 2.24) is 0 Å². The molecule has 2 aromatic rings. The lowest BCUT2D eigenvalue weighted by Gasteiger charge is -2.20. The normalized spacial score (nSPS) is 10.9. The fraction of sp³-hybridized carbons (Fsp3) is 0.286. The molecule has 0 saturated heterocycles. The van der Waals surface area contributed by atoms with E-state index in [2.05, 4.69) is 0 Å². The summed E-state index contributed by atoms with van der Waals surface area (Å²) < 4.78 is 11.3. The van der Waals surface area contributed by atoms with Crippen LogP contribution in [0.4, 0.5) is 0 Å². The Morgan fingerprint density at radius 3 is 2.04 bits per heavy atom. The summed E-state index contributed by atoms with van der Waals surface area (Å²) >= 11 is 0. The predicted octanol–water partition coefficient (Wildman–Crippen LogP) is 4.32. The van der Waals surface area contributed by atoms with Crippen LogP contribution in [0, 0.1) is 20.8 Å². The van der Waals surface area contributed by atoms with Gasteiger partial charge in [-0.1, -0.05) is 24.3 Å². The van der Waals surface area contributed by atoms with Gasteiger partial charge in [-0.25, -0.2) is 4.79 Å². The highest BCUT2D eigenvalue weighted by Crippen LogP contribution is 2.38. The number of hydrogen-bond donors (Lipinski definition) is 1. The third-order valence-corrected chi connectivity index (χ3v) is 4.50. The number of ether oxygens (including phenoxy) is 2. The molecule has 25 heavy (non-hydrogen) atoms. The van der Waals surface area contributed by atoms with Crippen molar-refractivity contribution in [2.45, 2.75) is 27.2 Å². The Labute approximate surface area is 148 Å². The number of carboxylic acid groups (broad SMARTS) is 1. The van der Waals surface area contributed by atoms with E-state index in [0.29, 0.717) is 0 Å². The standard InChI is InChI=1S/C21H24O4/c1-13-14(2)21(25-5)18(15(3)20(13)24-4)12-17-8-6-16(7-9-17)10-11-19(22)23/h6-11H,12H2,1-5H3,(H,22,23)/b11-10+. The fourth-order valence-corrected chi connectivity index (χ4v) is 3.07. The molecule has 0 spiro atoms. The van der Waals surface area contributed by atoms with Gasteiger partial charge in [-0.05, 0) is 54.7 Å². The lowest BCUT2D eigenvalue weighted by Crippen LogP contribution is -2.04. The Hall–Kier alpha value is -2.75. The van der Waals surface area contributed by atoms with Crippen LogP contribution in [0.1, 0.15) is 33.4 Å². The van der Waals surface area contributed by atoms with Gasteiger partial charge in [0.1, 0.15) is 11.5 Å². The molecule has 4 nitrogen and oxygen atoms in total. The van der Waals surface area contributed by atoms with E-state index >= 15 is 0 Å². The third kappa shape index (κ3) is 4.02. The van der Waals surface area contributed by atoms with Gasteiger partial charge in [0, 0.05) is 18.1 Å². The van der Waals surface area contributed by atoms with Gasteiger partial charge in [0.05, 0.1) is 14.2 Å². The summed E-state index contributed by atoms with van der Waals surface area (Å²) in [7, 11) is 3.38. The van der Waals surface area contributed by atoms with Gasteiger partial charge in [-0.15, -0.1) is 0 Å². The Morgan fingerprint density at radius 2 is 1.52 bits per heavy atom. The summed E-state index contributed by atoms with van der Waals surface area (Å²) in [6, 6.07) is 7.83. The van der Waals surface area contributed by atoms with Crippen molar-refractivity contribution in [2.24, 2.45) is 0 Å². The fourth-order valence-electron chi connectivity index (χ4n) is 3.07. The van der Waals surface area contributed by atoms with Crippen LogP contribution in [-0.2, 0) is 11.2 Å². The topological polar surface area (TPSA) is 55.8 Å². The maximum atomic E-state index is 10.6. The summed E-state index contributed by atoms with van der Waals surface area (Å²) in [4.78, 5) is 10.6. The molecule has 1 N–H and O–H groups in total. The maximum absolute atomic E-state index is 10.6. The lowest BCUT2D eigenvalue weighted by molar-refractivity contribution is -0.131. The minimum absolute atomic E-state index is 0.718. The second-order valence-electron chi connectivity index (χ2n) is 6.01. The Balaban J connectivity index is 2.40. The molecular weight excluding hydrogens is 316 g/mol. The van der Waals surface area contributed by atoms with E-state index in [1.165, 1.54) is 0 Å². The number of benzene rings is 2. The average molecular weight is 340 g/mol. The van der Waals surface area contributed by atoms with Crippen LogP contribution in [0.2, 0.25) is 0 Å². The first-order valence-corrected chi connectivity index (χ1v) is 8.09. The molecule has 0 aliphatic heterocycles. The van der Waals surface area contributed by atoms with Gasteiger partial charge in [0.25, 0.3) is 0 Å². The Morgan fingerprint density at radius 1 is 0.960 bits per heavy atom. The number of carbonyl (C=O) groups is 1. The molecule has 0 aromatic heterocycles. The molecule has 0 aliphatic rings. The van der Waals surface area contributed by atoms with Crippen LogP contribution < -0.4 is 9.47 Å². The van der Waals surface area contributed by atoms with E-state index in [0.717, 1.165) is 57.4 Å². The zero-order valence-corrected chi connectivity index (χ0v) is 15.3. The minimum atomic E-state index is -0.952. The second-order valence-corrected chi connectivity index (χ2v) is 6.01. The molecule has 2 rings (SSSR count). The van der Waals surface area contributed by atoms with E-state index in [1.54, 1.807) is 20.3 Å². The first-order valence-electron chi connectivity index (χ1n) is 8.09. The molecule has 0 bridgehead atoms. The zero-order valence-electron chi connectivity index (χ0n) is 15.3. The molecule has 132 valence electrons. The summed E-state index contributed by atoms with van der Waals surface area (Å²) in [5.41, 5.74) is 6.34. The third-order valence-electron chi connectivity index (χ3n) is 4.50. The highest BCUT2D eigenvalue weighted by Gasteiger charge is 2.18. The molecule has 0 heterocycles. The van der Waals surface area contributed by atoms with Gasteiger partial charge >= 0.3 is 5.97 Å². The van der Waals surface area contributed by atoms with Crippen molar-refractivity contribution in [3.05, 3.63) is 63.7 Å². The molecule has 0 atom stereocenters. The summed E-state index contributed by atoms with van der Waals surface area (Å²) in [5, 5.41) is 8.70. The predicted molar refractivity (Wildman–Crippen MR) is 99.7 cm³/mol. The molecular formula is C21H24O4. The maximum Gasteiger partial charge on any atom is 0.328 e. The number of rotatable bonds is 6. The van der Waals surface area contributed by atoms with Crippen LogP contribution in [0.15, 0.2) is 30.3 Å². The first kappa shape index (κ1) is 18.6. The molecule has 4 heteroatoms. The monoisotopic (exact) mass is 340 g/mol. The van der Waals surface area contributed by atoms with E-state index in [1.807, 2.05) is 45.0 Å². The van der Waals surface area contributed by atoms with Gasteiger partial charge in [0.2, 0.25) is 0 Å². The second kappa shape index (κ2) is 7.88. The van der Waals surface area contributed by atoms with Crippen molar-refractivity contribution in [2.75, 3.05) is 14.2 Å². The zero-order chi connectivity index (χ0) is 18.6. The quantitative estimate of drug-likeness (QED) is 0.796. The van der Waals surface area contributed by atoms with E-state index in [4.69, 9.17) is 14.6 Å². The lowest BCUT2D eigenvalue weighted by atomic mass is 9.92. The molecule has 2 aromatic carbocycles. The highest BCUT2D eigenvalue weighted by atomic mass is 16.5. The number of hydrogen-bond acceptors (Lipinski definition) is 3. The molecule has 0 unspecified atom stereocenters. The van der Waals surface area contributed by atoms with Crippen LogP contribution in [0.25, 0.3) is 6.08 Å². The van der Waals surface area contributed by atoms with Crippen LogP contribution >= 0.6 is 0 Å². The smallest absolute Gasteiger partial charge is 0.328 e. The highest BCUT2D eigenvalue weighted by molar-refractivity contribution is 5.85. The van der Waals surface area contributed by atoms with Crippen molar-refractivity contribution in [3.8, 4) is 11.5 Å². The number of aliphatic carboxylic acids is 1. The van der Waals surface area contributed by atoms with Crippen LogP contribution in [0.5, 0.6) is 11.5 Å². The van der Waals surface area contributed by atoms with Crippen molar-refractivity contribution >= 4 is 12.0 Å². The van der Waals surface area contributed by atoms with Gasteiger partial charge < -0.3 is 14.6 Å². The molecule has 0 saturated carbocycles.